The van der Waals surface area contributed by atoms with Gasteiger partial charge in [0, 0.05) is 5.56 Å². The van der Waals surface area contributed by atoms with Crippen LogP contribution in [0.2, 0.25) is 0 Å². The molecule has 3 heterocycles. The normalized spacial score (nSPS) is 22.3. The molecule has 43 heavy (non-hydrogen) atoms. The Morgan fingerprint density at radius 1 is 0.907 bits per heavy atom. The largest absolute Gasteiger partial charge is 0.490 e. The molecule has 0 aliphatic carbocycles. The van der Waals surface area contributed by atoms with Crippen molar-refractivity contribution in [1.82, 2.24) is 44.1 Å². The van der Waals surface area contributed by atoms with Gasteiger partial charge in [0.05, 0.1) is 12.9 Å². The second kappa shape index (κ2) is 15.3. The molecule has 1 aliphatic rings. The van der Waals surface area contributed by atoms with E-state index in [4.69, 9.17) is 20.3 Å². The molecule has 2 aromatic heterocycles. The molecule has 0 spiro atoms. The topological polar surface area (TPSA) is 419 Å². The van der Waals surface area contributed by atoms with Gasteiger partial charge in [0.15, 0.2) is 17.7 Å². The molecule has 242 valence electrons. The van der Waals surface area contributed by atoms with Gasteiger partial charge in [-0.2, -0.15) is 8.62 Å². The average Bonchev–Trinajstić information content (AvgIpc) is 3.36. The Morgan fingerprint density at radius 2 is 1.53 bits per heavy atom. The van der Waals surface area contributed by atoms with Crippen molar-refractivity contribution in [3.8, 4) is 11.8 Å². The number of ether oxygens (including phenoxy) is 1. The van der Waals surface area contributed by atoms with Crippen LogP contribution in [0.25, 0.3) is 11.2 Å². The summed E-state index contributed by atoms with van der Waals surface area (Å²) < 4.78 is 52.6. The van der Waals surface area contributed by atoms with E-state index in [1.807, 2.05) is 6.07 Å². The number of anilines is 1. The lowest BCUT2D eigenvalue weighted by Gasteiger charge is -2.19. The number of aliphatic hydroxyl groups excluding tert-OH is 2. The van der Waals surface area contributed by atoms with E-state index in [2.05, 4.69) is 39.9 Å². The van der Waals surface area contributed by atoms with Crippen LogP contribution < -0.4 is 30.3 Å². The molecule has 1 aliphatic heterocycles. The number of nitrogens with two attached hydrogens (primary N) is 1. The summed E-state index contributed by atoms with van der Waals surface area (Å²) in [5.74, 6) is 5.61. The van der Waals surface area contributed by atoms with E-state index in [0.29, 0.717) is 5.56 Å². The van der Waals surface area contributed by atoms with Gasteiger partial charge in [-0.1, -0.05) is 24.1 Å². The molecule has 0 amide bonds. The Bertz CT molecular complexity index is 1580. The SMILES string of the molecule is N.N.N.N.Nc1nc(C#Cc2ccccc2)nc2c1ncn2[C@@H]1O[C@H](COP(=O)(O)OP(=O)(O)OP(=O)(O)O)[C@@H](O)[C@H]1O. The van der Waals surface area contributed by atoms with E-state index in [-0.39, 0.29) is 47.4 Å². The lowest BCUT2D eigenvalue weighted by atomic mass is 10.1. The highest BCUT2D eigenvalue weighted by molar-refractivity contribution is 7.66. The number of nitrogen functional groups attached to an aromatic ring is 1. The first kappa shape index (κ1) is 40.3. The van der Waals surface area contributed by atoms with Crippen LogP contribution in [-0.4, -0.2) is 74.2 Å². The predicted molar refractivity (Wildman–Crippen MR) is 148 cm³/mol. The number of phosphoric acid groups is 3. The third-order valence-electron chi connectivity index (χ3n) is 4.97. The third-order valence-corrected chi connectivity index (χ3v) is 8.77. The van der Waals surface area contributed by atoms with Crippen molar-refractivity contribution in [3.63, 3.8) is 0 Å². The highest BCUT2D eigenvalue weighted by Crippen LogP contribution is 2.66. The fraction of sp³-hybridized carbons (Fsp3) is 0.278. The maximum absolute atomic E-state index is 12.0. The van der Waals surface area contributed by atoms with Gasteiger partial charge in [-0.05, 0) is 18.1 Å². The van der Waals surface area contributed by atoms with Crippen molar-refractivity contribution in [2.75, 3.05) is 12.3 Å². The number of phosphoric ester groups is 1. The molecule has 25 heteroatoms. The summed E-state index contributed by atoms with van der Waals surface area (Å²) in [5.41, 5.74) is 6.85. The van der Waals surface area contributed by atoms with Gasteiger partial charge in [0.1, 0.15) is 23.8 Å². The number of hydrogen-bond acceptors (Lipinski definition) is 17. The van der Waals surface area contributed by atoms with Gasteiger partial charge in [-0.3, -0.25) is 9.09 Å². The molecule has 4 rings (SSSR count). The van der Waals surface area contributed by atoms with Crippen LogP contribution in [0.4, 0.5) is 5.82 Å². The lowest BCUT2D eigenvalue weighted by molar-refractivity contribution is -0.0503. The maximum atomic E-state index is 12.0. The van der Waals surface area contributed by atoms with Crippen LogP contribution >= 0.6 is 23.5 Å². The summed E-state index contributed by atoms with van der Waals surface area (Å²) in [4.78, 5) is 48.5. The zero-order chi connectivity index (χ0) is 28.6. The molecule has 0 saturated carbocycles. The fourth-order valence-corrected chi connectivity index (χ4v) is 6.43. The molecule has 3 aromatic rings. The monoisotopic (exact) mass is 675 g/mol. The number of aromatic nitrogens is 4. The second-order valence-corrected chi connectivity index (χ2v) is 12.2. The summed E-state index contributed by atoms with van der Waals surface area (Å²) in [6.45, 7) is -0.990. The molecule has 22 nitrogen and oxygen atoms in total. The van der Waals surface area contributed by atoms with Crippen molar-refractivity contribution in [2.24, 2.45) is 0 Å². The van der Waals surface area contributed by atoms with Crippen molar-refractivity contribution in [3.05, 3.63) is 48.0 Å². The minimum absolute atomic E-state index is 0. The molecule has 1 saturated heterocycles. The summed E-state index contributed by atoms with van der Waals surface area (Å²) in [7, 11) is -16.8. The van der Waals surface area contributed by atoms with E-state index in [9.17, 15) is 33.7 Å². The van der Waals surface area contributed by atoms with Crippen LogP contribution in [0.5, 0.6) is 0 Å². The summed E-state index contributed by atoms with van der Waals surface area (Å²) >= 11 is 0. The zero-order valence-corrected chi connectivity index (χ0v) is 24.7. The smallest absolute Gasteiger partial charge is 0.387 e. The van der Waals surface area contributed by atoms with Gasteiger partial charge in [0.25, 0.3) is 0 Å². The van der Waals surface area contributed by atoms with Crippen LogP contribution in [0.1, 0.15) is 17.6 Å². The van der Waals surface area contributed by atoms with Gasteiger partial charge in [-0.25, -0.2) is 28.6 Å². The lowest BCUT2D eigenvalue weighted by Crippen LogP contribution is -2.33. The van der Waals surface area contributed by atoms with Gasteiger partial charge < -0.3 is 64.9 Å². The molecule has 2 unspecified atom stereocenters. The maximum Gasteiger partial charge on any atom is 0.490 e. The van der Waals surface area contributed by atoms with Crippen LogP contribution in [0, 0.1) is 11.8 Å². The van der Waals surface area contributed by atoms with Crippen molar-refractivity contribution in [1.29, 1.82) is 0 Å². The number of benzene rings is 1. The first-order valence-electron chi connectivity index (χ1n) is 10.5. The van der Waals surface area contributed by atoms with E-state index >= 15 is 0 Å². The molecule has 0 radical (unpaired) electrons. The first-order chi connectivity index (χ1) is 18.1. The predicted octanol–water partition coefficient (Wildman–Crippen LogP) is 0.419. The molecule has 1 fully saturated rings. The van der Waals surface area contributed by atoms with Crippen molar-refractivity contribution in [2.45, 2.75) is 24.5 Å². The molecule has 6 atom stereocenters. The summed E-state index contributed by atoms with van der Waals surface area (Å²) in [5, 5.41) is 20.9. The number of imidazole rings is 1. The number of aliphatic hydroxyl groups is 2. The highest BCUT2D eigenvalue weighted by Gasteiger charge is 2.47. The standard InChI is InChI=1S/C18H20N5O13P3.4H3N/c19-16-13-17(22-12(21-16)7-6-10-4-2-1-3-5-10)23(9-20-13)18-15(25)14(24)11(34-18)8-33-38(29,30)36-39(31,32)35-37(26,27)28;;;;/h1-5,9,11,14-15,18,24-25H,8H2,(H,29,30)(H,31,32)(H2,19,21,22)(H2,26,27,28);4*1H3/t11-,14-,15-,18-;;;;/m1..../s1. The Labute approximate surface area is 243 Å². The molecule has 1 aromatic carbocycles. The first-order valence-corrected chi connectivity index (χ1v) is 15.0. The van der Waals surface area contributed by atoms with Crippen LogP contribution in [0.15, 0.2) is 36.7 Å². The highest BCUT2D eigenvalue weighted by atomic mass is 31.3. The van der Waals surface area contributed by atoms with Crippen LogP contribution in [0.3, 0.4) is 0 Å². The van der Waals surface area contributed by atoms with Gasteiger partial charge in [-0.15, -0.1) is 0 Å². The number of nitrogens with zero attached hydrogens (tertiary/aromatic N) is 4. The molecular formula is C18H32N9O13P3. The number of hydrogen-bond donors (Lipinski definition) is 11. The van der Waals surface area contributed by atoms with E-state index in [1.165, 1.54) is 10.9 Å². The second-order valence-electron chi connectivity index (χ2n) is 7.81. The van der Waals surface area contributed by atoms with Gasteiger partial charge >= 0.3 is 23.5 Å². The number of rotatable bonds is 8. The summed E-state index contributed by atoms with van der Waals surface area (Å²) in [6.07, 6.45) is -5.08. The van der Waals surface area contributed by atoms with Crippen molar-refractivity contribution < 1.29 is 61.4 Å². The van der Waals surface area contributed by atoms with Crippen LogP contribution in [-0.2, 0) is 31.6 Å². The zero-order valence-electron chi connectivity index (χ0n) is 22.1. The fourth-order valence-electron chi connectivity index (χ4n) is 3.40. The Morgan fingerprint density at radius 3 is 2.14 bits per heavy atom. The third kappa shape index (κ3) is 10.2. The molecule has 20 N–H and O–H groups in total. The minimum Gasteiger partial charge on any atom is -0.387 e. The number of fused-ring (bicyclic) bond motifs is 1. The molecule has 0 bridgehead atoms. The molecular weight excluding hydrogens is 643 g/mol. The van der Waals surface area contributed by atoms with E-state index in [0.717, 1.165) is 0 Å². The Hall–Kier alpha value is -2.74. The summed E-state index contributed by atoms with van der Waals surface area (Å²) in [6, 6.07) is 8.95. The van der Waals surface area contributed by atoms with E-state index in [1.54, 1.807) is 24.3 Å². The average molecular weight is 675 g/mol. The quantitative estimate of drug-likeness (QED) is 0.114. The minimum atomic E-state index is -5.74. The van der Waals surface area contributed by atoms with E-state index < -0.39 is 54.6 Å². The Kier molecular flexibility index (Phi) is 14.3. The van der Waals surface area contributed by atoms with Crippen molar-refractivity contribution >= 4 is 40.4 Å². The Balaban J connectivity index is 0.00000441. The van der Waals surface area contributed by atoms with Gasteiger partial charge in [0.2, 0.25) is 5.82 Å².